The van der Waals surface area contributed by atoms with Crippen LogP contribution in [-0.2, 0) is 12.8 Å². The van der Waals surface area contributed by atoms with Crippen molar-refractivity contribution < 1.29 is 0 Å². The van der Waals surface area contributed by atoms with Crippen LogP contribution < -0.4 is 5.73 Å². The predicted molar refractivity (Wildman–Crippen MR) is 71.7 cm³/mol. The number of anilines is 1. The second kappa shape index (κ2) is 6.04. The number of nitrogens with two attached hydrogens (primary N) is 1. The first-order chi connectivity index (χ1) is 8.36. The summed E-state index contributed by atoms with van der Waals surface area (Å²) in [4.78, 5) is 4.00. The molecule has 0 saturated heterocycles. The highest BCUT2D eigenvalue weighted by Crippen LogP contribution is 2.13. The van der Waals surface area contributed by atoms with E-state index < -0.39 is 0 Å². The highest BCUT2D eigenvalue weighted by Gasteiger charge is 1.98. The lowest BCUT2D eigenvalue weighted by Crippen LogP contribution is -1.96. The fourth-order valence-corrected chi connectivity index (χ4v) is 1.95. The molecule has 2 aromatic rings. The Hall–Kier alpha value is -1.83. The Bertz CT molecular complexity index is 451. The van der Waals surface area contributed by atoms with Crippen molar-refractivity contribution in [2.24, 2.45) is 0 Å². The minimum absolute atomic E-state index is 0.812. The zero-order valence-corrected chi connectivity index (χ0v) is 9.97. The second-order valence-corrected chi connectivity index (χ2v) is 4.27. The van der Waals surface area contributed by atoms with Crippen molar-refractivity contribution in [3.8, 4) is 0 Å². The lowest BCUT2D eigenvalue weighted by molar-refractivity contribution is 0.735. The average molecular weight is 226 g/mol. The van der Waals surface area contributed by atoms with Crippen molar-refractivity contribution in [1.82, 2.24) is 4.98 Å². The van der Waals surface area contributed by atoms with Crippen molar-refractivity contribution in [1.29, 1.82) is 0 Å². The summed E-state index contributed by atoms with van der Waals surface area (Å²) in [6, 6.07) is 12.6. The van der Waals surface area contributed by atoms with Gasteiger partial charge in [0.2, 0.25) is 0 Å². The molecule has 0 amide bonds. The molecule has 0 aliphatic heterocycles. The van der Waals surface area contributed by atoms with E-state index in [4.69, 9.17) is 5.73 Å². The first-order valence-electron chi connectivity index (χ1n) is 6.08. The molecular formula is C15H18N2. The van der Waals surface area contributed by atoms with E-state index in [1.165, 1.54) is 24.0 Å². The van der Waals surface area contributed by atoms with E-state index in [9.17, 15) is 0 Å². The van der Waals surface area contributed by atoms with E-state index in [-0.39, 0.29) is 0 Å². The van der Waals surface area contributed by atoms with Crippen LogP contribution in [-0.4, -0.2) is 4.98 Å². The number of nitrogen functional groups attached to an aromatic ring is 1. The van der Waals surface area contributed by atoms with Gasteiger partial charge in [-0.1, -0.05) is 30.3 Å². The van der Waals surface area contributed by atoms with Gasteiger partial charge in [-0.2, -0.15) is 0 Å². The topological polar surface area (TPSA) is 38.9 Å². The first kappa shape index (κ1) is 11.6. The molecular weight excluding hydrogens is 208 g/mol. The highest BCUT2D eigenvalue weighted by atomic mass is 14.7. The number of hydrogen-bond acceptors (Lipinski definition) is 2. The van der Waals surface area contributed by atoms with Crippen LogP contribution in [0.1, 0.15) is 24.0 Å². The smallest absolute Gasteiger partial charge is 0.0533 e. The van der Waals surface area contributed by atoms with Crippen molar-refractivity contribution in [2.75, 3.05) is 5.73 Å². The van der Waals surface area contributed by atoms with Gasteiger partial charge < -0.3 is 5.73 Å². The maximum atomic E-state index is 5.85. The third-order valence-corrected chi connectivity index (χ3v) is 2.95. The molecule has 1 aromatic carbocycles. The molecule has 0 atom stereocenters. The Balaban J connectivity index is 1.76. The highest BCUT2D eigenvalue weighted by molar-refractivity contribution is 5.43. The van der Waals surface area contributed by atoms with Crippen molar-refractivity contribution in [3.63, 3.8) is 0 Å². The average Bonchev–Trinajstić information content (AvgIpc) is 2.38. The maximum absolute atomic E-state index is 5.85. The Morgan fingerprint density at radius 2 is 1.71 bits per heavy atom. The largest absolute Gasteiger partial charge is 0.397 e. The number of unbranched alkanes of at least 4 members (excludes halogenated alkanes) is 1. The molecule has 0 radical (unpaired) electrons. The molecule has 0 fully saturated rings. The van der Waals surface area contributed by atoms with Crippen LogP contribution in [0.5, 0.6) is 0 Å². The van der Waals surface area contributed by atoms with Gasteiger partial charge in [0.25, 0.3) is 0 Å². The van der Waals surface area contributed by atoms with Gasteiger partial charge in [0.15, 0.2) is 0 Å². The maximum Gasteiger partial charge on any atom is 0.0533 e. The minimum atomic E-state index is 0.812. The van der Waals surface area contributed by atoms with Gasteiger partial charge in [0.1, 0.15) is 0 Å². The monoisotopic (exact) mass is 226 g/mol. The quantitative estimate of drug-likeness (QED) is 0.795. The van der Waals surface area contributed by atoms with Crippen molar-refractivity contribution in [2.45, 2.75) is 25.7 Å². The van der Waals surface area contributed by atoms with Gasteiger partial charge in [-0.3, -0.25) is 4.98 Å². The molecule has 0 spiro atoms. The molecule has 2 nitrogen and oxygen atoms in total. The number of hydrogen-bond donors (Lipinski definition) is 1. The number of aromatic nitrogens is 1. The molecule has 1 heterocycles. The molecule has 0 saturated carbocycles. The Labute approximate surface area is 103 Å². The van der Waals surface area contributed by atoms with Crippen LogP contribution >= 0.6 is 0 Å². The first-order valence-corrected chi connectivity index (χ1v) is 6.08. The molecule has 1 aromatic heterocycles. The number of benzene rings is 1. The van der Waals surface area contributed by atoms with Gasteiger partial charge in [0.05, 0.1) is 11.9 Å². The summed E-state index contributed by atoms with van der Waals surface area (Å²) in [6.45, 7) is 0. The molecule has 0 bridgehead atoms. The van der Waals surface area contributed by atoms with E-state index in [0.29, 0.717) is 0 Å². The minimum Gasteiger partial charge on any atom is -0.397 e. The lowest BCUT2D eigenvalue weighted by atomic mass is 10.0. The van der Waals surface area contributed by atoms with E-state index in [1.54, 1.807) is 6.20 Å². The summed E-state index contributed by atoms with van der Waals surface area (Å²) in [5.74, 6) is 0. The van der Waals surface area contributed by atoms with Gasteiger partial charge in [-0.25, -0.2) is 0 Å². The number of pyridine rings is 1. The summed E-state index contributed by atoms with van der Waals surface area (Å²) < 4.78 is 0. The fraction of sp³-hybridized carbons (Fsp3) is 0.267. The Morgan fingerprint density at radius 1 is 0.941 bits per heavy atom. The van der Waals surface area contributed by atoms with Crippen LogP contribution in [0.2, 0.25) is 0 Å². The van der Waals surface area contributed by atoms with Crippen LogP contribution in [0.15, 0.2) is 48.8 Å². The summed E-state index contributed by atoms with van der Waals surface area (Å²) in [7, 11) is 0. The van der Waals surface area contributed by atoms with E-state index in [0.717, 1.165) is 18.5 Å². The summed E-state index contributed by atoms with van der Waals surface area (Å²) >= 11 is 0. The van der Waals surface area contributed by atoms with Crippen molar-refractivity contribution in [3.05, 3.63) is 59.9 Å². The second-order valence-electron chi connectivity index (χ2n) is 4.27. The molecule has 2 heteroatoms. The molecule has 2 N–H and O–H groups in total. The number of rotatable bonds is 5. The number of aryl methyl sites for hydroxylation is 2. The zero-order valence-electron chi connectivity index (χ0n) is 9.97. The molecule has 0 unspecified atom stereocenters. The van der Waals surface area contributed by atoms with Gasteiger partial charge in [-0.05, 0) is 42.9 Å². The summed E-state index contributed by atoms with van der Waals surface area (Å²) in [5.41, 5.74) is 9.29. The van der Waals surface area contributed by atoms with E-state index in [1.807, 2.05) is 12.3 Å². The zero-order chi connectivity index (χ0) is 11.9. The fourth-order valence-electron chi connectivity index (χ4n) is 1.95. The summed E-state index contributed by atoms with van der Waals surface area (Å²) in [5, 5.41) is 0. The molecule has 0 aliphatic rings. The molecule has 2 rings (SSSR count). The van der Waals surface area contributed by atoms with E-state index >= 15 is 0 Å². The van der Waals surface area contributed by atoms with Gasteiger partial charge in [0, 0.05) is 6.20 Å². The third-order valence-electron chi connectivity index (χ3n) is 2.95. The van der Waals surface area contributed by atoms with Crippen LogP contribution in [0.3, 0.4) is 0 Å². The SMILES string of the molecule is Nc1cnccc1CCCCc1ccccc1. The van der Waals surface area contributed by atoms with Gasteiger partial charge >= 0.3 is 0 Å². The van der Waals surface area contributed by atoms with E-state index in [2.05, 4.69) is 35.3 Å². The lowest BCUT2D eigenvalue weighted by Gasteiger charge is -2.04. The third kappa shape index (κ3) is 3.59. The molecule has 88 valence electrons. The van der Waals surface area contributed by atoms with Crippen LogP contribution in [0.25, 0.3) is 0 Å². The summed E-state index contributed by atoms with van der Waals surface area (Å²) in [6.07, 6.45) is 8.09. The number of nitrogens with zero attached hydrogens (tertiary/aromatic N) is 1. The normalized spacial score (nSPS) is 10.4. The Kier molecular flexibility index (Phi) is 4.14. The van der Waals surface area contributed by atoms with Crippen LogP contribution in [0, 0.1) is 0 Å². The molecule has 17 heavy (non-hydrogen) atoms. The van der Waals surface area contributed by atoms with Gasteiger partial charge in [-0.15, -0.1) is 0 Å². The van der Waals surface area contributed by atoms with Crippen molar-refractivity contribution >= 4 is 5.69 Å². The van der Waals surface area contributed by atoms with Crippen LogP contribution in [0.4, 0.5) is 5.69 Å². The molecule has 0 aliphatic carbocycles. The Morgan fingerprint density at radius 3 is 2.47 bits per heavy atom. The standard InChI is InChI=1S/C15H18N2/c16-15-12-17-11-10-14(15)9-5-4-8-13-6-2-1-3-7-13/h1-3,6-7,10-12H,4-5,8-9,16H2. The predicted octanol–water partition coefficient (Wildman–Crippen LogP) is 3.23.